The number of hydrogen-bond donors (Lipinski definition) is 1. The van der Waals surface area contributed by atoms with Gasteiger partial charge in [-0.25, -0.2) is 0 Å². The third-order valence-electron chi connectivity index (χ3n) is 4.04. The third kappa shape index (κ3) is 3.20. The Kier molecular flexibility index (Phi) is 4.62. The summed E-state index contributed by atoms with van der Waals surface area (Å²) in [6.07, 6.45) is 9.13. The fraction of sp³-hybridized carbons (Fsp3) is 0.923. The van der Waals surface area contributed by atoms with Crippen LogP contribution in [0, 0.1) is 17.2 Å². The smallest absolute Gasteiger partial charge is 0.0621 e. The average Bonchev–Trinajstić information content (AvgIpc) is 2.38. The predicted octanol–water partition coefficient (Wildman–Crippen LogP) is 2.10. The third-order valence-corrected chi connectivity index (χ3v) is 4.04. The molecule has 0 aromatic carbocycles. The van der Waals surface area contributed by atoms with E-state index in [1.165, 1.54) is 51.7 Å². The van der Waals surface area contributed by atoms with Crippen LogP contribution in [0.3, 0.4) is 0 Å². The van der Waals surface area contributed by atoms with Gasteiger partial charge in [0.05, 0.1) is 12.2 Å². The molecule has 2 fully saturated rings. The molecule has 0 amide bonds. The molecule has 0 aromatic heterocycles. The summed E-state index contributed by atoms with van der Waals surface area (Å²) in [4.78, 5) is 2.61. The van der Waals surface area contributed by atoms with E-state index in [0.717, 1.165) is 18.8 Å². The number of nitriles is 1. The number of nitrogens with zero attached hydrogens (tertiary/aromatic N) is 2. The predicted molar refractivity (Wildman–Crippen MR) is 64.8 cm³/mol. The van der Waals surface area contributed by atoms with Crippen LogP contribution in [-0.2, 0) is 0 Å². The summed E-state index contributed by atoms with van der Waals surface area (Å²) < 4.78 is 0. The normalized spacial score (nSPS) is 28.8. The monoisotopic (exact) mass is 221 g/mol. The van der Waals surface area contributed by atoms with Crippen molar-refractivity contribution in [1.29, 1.82) is 5.26 Å². The largest absolute Gasteiger partial charge is 0.302 e. The number of rotatable bonds is 3. The van der Waals surface area contributed by atoms with Crippen LogP contribution in [0.2, 0.25) is 0 Å². The number of nitrogens with one attached hydrogen (secondary N) is 1. The number of hydrogen-bond acceptors (Lipinski definition) is 3. The van der Waals surface area contributed by atoms with Crippen LogP contribution in [0.1, 0.15) is 44.9 Å². The van der Waals surface area contributed by atoms with Gasteiger partial charge >= 0.3 is 0 Å². The van der Waals surface area contributed by atoms with Crippen molar-refractivity contribution in [3.05, 3.63) is 0 Å². The van der Waals surface area contributed by atoms with Gasteiger partial charge in [-0.2, -0.15) is 5.26 Å². The molecule has 0 saturated carbocycles. The maximum absolute atomic E-state index is 8.58. The Bertz CT molecular complexity index is 232. The van der Waals surface area contributed by atoms with E-state index >= 15 is 0 Å². The molecule has 1 N–H and O–H groups in total. The Hall–Kier alpha value is -0.590. The van der Waals surface area contributed by atoms with E-state index in [0.29, 0.717) is 6.17 Å². The van der Waals surface area contributed by atoms with Crippen LogP contribution < -0.4 is 5.32 Å². The highest BCUT2D eigenvalue weighted by atomic mass is 15.3. The summed E-state index contributed by atoms with van der Waals surface area (Å²) >= 11 is 0. The lowest BCUT2D eigenvalue weighted by molar-refractivity contribution is 0.0912. The van der Waals surface area contributed by atoms with Gasteiger partial charge in [-0.3, -0.25) is 4.90 Å². The van der Waals surface area contributed by atoms with Crippen molar-refractivity contribution in [1.82, 2.24) is 10.2 Å². The molecule has 0 bridgehead atoms. The molecule has 2 aliphatic rings. The van der Waals surface area contributed by atoms with E-state index in [1.807, 2.05) is 0 Å². The molecule has 1 atom stereocenters. The summed E-state index contributed by atoms with van der Waals surface area (Å²) in [6.45, 7) is 3.65. The molecule has 3 nitrogen and oxygen atoms in total. The molecule has 2 rings (SSSR count). The average molecular weight is 221 g/mol. The van der Waals surface area contributed by atoms with Crippen molar-refractivity contribution in [3.63, 3.8) is 0 Å². The lowest BCUT2D eigenvalue weighted by atomic mass is 9.91. The molecule has 0 spiro atoms. The van der Waals surface area contributed by atoms with Gasteiger partial charge in [0.25, 0.3) is 0 Å². The molecule has 0 radical (unpaired) electrons. The van der Waals surface area contributed by atoms with Gasteiger partial charge in [-0.1, -0.05) is 0 Å². The second kappa shape index (κ2) is 6.22. The first kappa shape index (κ1) is 11.9. The Morgan fingerprint density at radius 1 is 1.19 bits per heavy atom. The van der Waals surface area contributed by atoms with Crippen LogP contribution in [0.4, 0.5) is 0 Å². The Balaban J connectivity index is 1.70. The number of likely N-dealkylation sites (tertiary alicyclic amines) is 1. The quantitative estimate of drug-likeness (QED) is 0.793. The van der Waals surface area contributed by atoms with Crippen molar-refractivity contribution in [3.8, 4) is 6.07 Å². The standard InChI is InChI=1S/C13H23N3/c14-8-3-4-12-6-10-16(11-7-12)13-5-1-2-9-15-13/h12-13,15H,1-7,9-11H2. The molecule has 16 heavy (non-hydrogen) atoms. The van der Waals surface area contributed by atoms with Crippen LogP contribution >= 0.6 is 0 Å². The highest BCUT2D eigenvalue weighted by Gasteiger charge is 2.25. The summed E-state index contributed by atoms with van der Waals surface area (Å²) in [5, 5.41) is 12.2. The Labute approximate surface area is 98.8 Å². The first-order valence-corrected chi connectivity index (χ1v) is 6.74. The summed E-state index contributed by atoms with van der Waals surface area (Å²) in [7, 11) is 0. The molecule has 1 unspecified atom stereocenters. The first-order valence-electron chi connectivity index (χ1n) is 6.74. The lowest BCUT2D eigenvalue weighted by Gasteiger charge is -2.39. The van der Waals surface area contributed by atoms with Gasteiger partial charge in [0.15, 0.2) is 0 Å². The van der Waals surface area contributed by atoms with Gasteiger partial charge in [0, 0.05) is 6.42 Å². The molecule has 2 saturated heterocycles. The topological polar surface area (TPSA) is 39.1 Å². The first-order chi connectivity index (χ1) is 7.90. The van der Waals surface area contributed by atoms with E-state index in [4.69, 9.17) is 5.26 Å². The summed E-state index contributed by atoms with van der Waals surface area (Å²) in [5.41, 5.74) is 0. The Morgan fingerprint density at radius 3 is 2.62 bits per heavy atom. The van der Waals surface area contributed by atoms with Crippen molar-refractivity contribution < 1.29 is 0 Å². The summed E-state index contributed by atoms with van der Waals surface area (Å²) in [5.74, 6) is 0.805. The van der Waals surface area contributed by atoms with Crippen molar-refractivity contribution >= 4 is 0 Å². The van der Waals surface area contributed by atoms with Crippen molar-refractivity contribution in [2.24, 2.45) is 5.92 Å². The van der Waals surface area contributed by atoms with Gasteiger partial charge in [0.1, 0.15) is 0 Å². The summed E-state index contributed by atoms with van der Waals surface area (Å²) in [6, 6.07) is 2.26. The van der Waals surface area contributed by atoms with Crippen LogP contribution in [0.25, 0.3) is 0 Å². The van der Waals surface area contributed by atoms with E-state index in [2.05, 4.69) is 16.3 Å². The highest BCUT2D eigenvalue weighted by molar-refractivity contribution is 4.81. The molecule has 0 aromatic rings. The minimum Gasteiger partial charge on any atom is -0.302 e. The molecule has 2 aliphatic heterocycles. The minimum atomic E-state index is 0.644. The molecule has 90 valence electrons. The molecule has 0 aliphatic carbocycles. The number of piperidine rings is 2. The fourth-order valence-electron chi connectivity index (χ4n) is 2.97. The van der Waals surface area contributed by atoms with E-state index < -0.39 is 0 Å². The lowest BCUT2D eigenvalue weighted by Crippen LogP contribution is -2.51. The molecular formula is C13H23N3. The maximum Gasteiger partial charge on any atom is 0.0621 e. The van der Waals surface area contributed by atoms with Crippen LogP contribution in [0.5, 0.6) is 0 Å². The van der Waals surface area contributed by atoms with Gasteiger partial charge in [0.2, 0.25) is 0 Å². The van der Waals surface area contributed by atoms with E-state index in [1.54, 1.807) is 0 Å². The second-order valence-corrected chi connectivity index (χ2v) is 5.14. The SMILES string of the molecule is N#CCCC1CCN(C2CCCCN2)CC1. The van der Waals surface area contributed by atoms with Gasteiger partial charge in [-0.15, -0.1) is 0 Å². The molecular weight excluding hydrogens is 198 g/mol. The van der Waals surface area contributed by atoms with Crippen LogP contribution in [-0.4, -0.2) is 30.7 Å². The van der Waals surface area contributed by atoms with Gasteiger partial charge < -0.3 is 5.32 Å². The Morgan fingerprint density at radius 2 is 2.00 bits per heavy atom. The van der Waals surface area contributed by atoms with Gasteiger partial charge in [-0.05, 0) is 64.1 Å². The molecule has 2 heterocycles. The second-order valence-electron chi connectivity index (χ2n) is 5.14. The zero-order chi connectivity index (χ0) is 11.2. The van der Waals surface area contributed by atoms with Crippen molar-refractivity contribution in [2.45, 2.75) is 51.1 Å². The van der Waals surface area contributed by atoms with Crippen molar-refractivity contribution in [2.75, 3.05) is 19.6 Å². The van der Waals surface area contributed by atoms with E-state index in [-0.39, 0.29) is 0 Å². The highest BCUT2D eigenvalue weighted by Crippen LogP contribution is 2.24. The zero-order valence-corrected chi connectivity index (χ0v) is 10.1. The maximum atomic E-state index is 8.58. The van der Waals surface area contributed by atoms with E-state index in [9.17, 15) is 0 Å². The fourth-order valence-corrected chi connectivity index (χ4v) is 2.97. The molecule has 3 heteroatoms. The van der Waals surface area contributed by atoms with Crippen LogP contribution in [0.15, 0.2) is 0 Å². The minimum absolute atomic E-state index is 0.644. The zero-order valence-electron chi connectivity index (χ0n) is 10.1.